The van der Waals surface area contributed by atoms with Gasteiger partial charge in [-0.1, -0.05) is 24.3 Å². The highest BCUT2D eigenvalue weighted by Crippen LogP contribution is 2.24. The normalized spacial score (nSPS) is 11.7. The molecule has 2 aromatic carbocycles. The van der Waals surface area contributed by atoms with Gasteiger partial charge in [0.1, 0.15) is 0 Å². The first kappa shape index (κ1) is 15.1. The number of nitrogens with two attached hydrogens (primary N) is 1. The summed E-state index contributed by atoms with van der Waals surface area (Å²) in [6, 6.07) is 18.4. The van der Waals surface area contributed by atoms with Gasteiger partial charge in [-0.2, -0.15) is 5.26 Å². The molecule has 0 saturated heterocycles. The first-order valence-corrected chi connectivity index (χ1v) is 7.10. The van der Waals surface area contributed by atoms with Gasteiger partial charge in [-0.3, -0.25) is 0 Å². The van der Waals surface area contributed by atoms with E-state index in [2.05, 4.69) is 35.2 Å². The molecule has 3 heteroatoms. The summed E-state index contributed by atoms with van der Waals surface area (Å²) in [6.45, 7) is 0.608. The molecule has 1 unspecified atom stereocenters. The molecule has 21 heavy (non-hydrogen) atoms. The van der Waals surface area contributed by atoms with Crippen molar-refractivity contribution in [3.63, 3.8) is 0 Å². The lowest BCUT2D eigenvalue weighted by Crippen LogP contribution is -2.16. The van der Waals surface area contributed by atoms with Crippen LogP contribution < -0.4 is 10.6 Å². The molecule has 0 saturated carbocycles. The van der Waals surface area contributed by atoms with E-state index in [1.54, 1.807) is 0 Å². The molecule has 0 heterocycles. The van der Waals surface area contributed by atoms with Crippen LogP contribution in [0.15, 0.2) is 48.5 Å². The van der Waals surface area contributed by atoms with Gasteiger partial charge in [-0.05, 0) is 48.4 Å². The zero-order valence-corrected chi connectivity index (χ0v) is 12.6. The van der Waals surface area contributed by atoms with Crippen LogP contribution >= 0.6 is 0 Å². The van der Waals surface area contributed by atoms with Gasteiger partial charge in [0.2, 0.25) is 0 Å². The minimum atomic E-state index is 0.290. The van der Waals surface area contributed by atoms with E-state index < -0.39 is 0 Å². The van der Waals surface area contributed by atoms with Gasteiger partial charge >= 0.3 is 0 Å². The molecule has 0 aliphatic heterocycles. The van der Waals surface area contributed by atoms with Crippen LogP contribution in [0.25, 0.3) is 0 Å². The number of nitrogens with zero attached hydrogens (tertiary/aromatic N) is 2. The Morgan fingerprint density at radius 2 is 1.86 bits per heavy atom. The minimum absolute atomic E-state index is 0.290. The number of hydrogen-bond donors (Lipinski definition) is 1. The summed E-state index contributed by atoms with van der Waals surface area (Å²) in [6.07, 6.45) is 0.888. The van der Waals surface area contributed by atoms with Crippen molar-refractivity contribution < 1.29 is 0 Å². The van der Waals surface area contributed by atoms with Crippen molar-refractivity contribution in [2.45, 2.75) is 12.3 Å². The molecule has 0 bridgehead atoms. The van der Waals surface area contributed by atoms with E-state index in [1.807, 2.05) is 38.4 Å². The molecule has 1 atom stereocenters. The molecule has 0 fully saturated rings. The summed E-state index contributed by atoms with van der Waals surface area (Å²) >= 11 is 0. The molecule has 2 aromatic rings. The monoisotopic (exact) mass is 279 g/mol. The average Bonchev–Trinajstić information content (AvgIpc) is 2.53. The Labute approximate surface area is 126 Å². The Kier molecular flexibility index (Phi) is 4.97. The summed E-state index contributed by atoms with van der Waals surface area (Å²) in [7, 11) is 4.08. The highest BCUT2D eigenvalue weighted by Gasteiger charge is 2.11. The average molecular weight is 279 g/mol. The number of hydrogen-bond acceptors (Lipinski definition) is 3. The Morgan fingerprint density at radius 3 is 2.43 bits per heavy atom. The molecule has 2 rings (SSSR count). The van der Waals surface area contributed by atoms with Gasteiger partial charge in [-0.25, -0.2) is 0 Å². The number of rotatable bonds is 5. The highest BCUT2D eigenvalue weighted by molar-refractivity contribution is 5.48. The second-order valence-electron chi connectivity index (χ2n) is 5.43. The Balaban J connectivity index is 2.19. The predicted octanol–water partition coefficient (Wildman–Crippen LogP) is 2.91. The Hall–Kier alpha value is -2.31. The summed E-state index contributed by atoms with van der Waals surface area (Å²) in [5.41, 5.74) is 10.3. The molecule has 108 valence electrons. The molecular formula is C18H21N3. The zero-order valence-electron chi connectivity index (χ0n) is 12.6. The molecule has 0 aliphatic carbocycles. The second kappa shape index (κ2) is 6.92. The lowest BCUT2D eigenvalue weighted by molar-refractivity contribution is 0.694. The van der Waals surface area contributed by atoms with Crippen molar-refractivity contribution >= 4 is 5.69 Å². The van der Waals surface area contributed by atoms with Crippen LogP contribution in [0.5, 0.6) is 0 Å². The van der Waals surface area contributed by atoms with Gasteiger partial charge in [0.25, 0.3) is 0 Å². The minimum Gasteiger partial charge on any atom is -0.378 e. The van der Waals surface area contributed by atoms with Crippen LogP contribution in [-0.4, -0.2) is 20.6 Å². The zero-order chi connectivity index (χ0) is 15.2. The van der Waals surface area contributed by atoms with Gasteiger partial charge in [0, 0.05) is 25.7 Å². The fourth-order valence-corrected chi connectivity index (χ4v) is 2.39. The van der Waals surface area contributed by atoms with E-state index >= 15 is 0 Å². The first-order chi connectivity index (χ1) is 10.1. The van der Waals surface area contributed by atoms with Crippen molar-refractivity contribution in [3.8, 4) is 6.07 Å². The standard InChI is InChI=1S/C18H21N3/c1-21(2)18-5-3-4-16(11-18)17(13-20)10-14-6-8-15(12-19)9-7-14/h3-9,11,17H,10,13,20H2,1-2H3. The fourth-order valence-electron chi connectivity index (χ4n) is 2.39. The highest BCUT2D eigenvalue weighted by atomic mass is 15.1. The Bertz CT molecular complexity index is 624. The lowest BCUT2D eigenvalue weighted by atomic mass is 9.91. The quantitative estimate of drug-likeness (QED) is 0.915. The van der Waals surface area contributed by atoms with E-state index in [1.165, 1.54) is 16.8 Å². The molecule has 2 N–H and O–H groups in total. The first-order valence-electron chi connectivity index (χ1n) is 7.10. The number of benzene rings is 2. The molecule has 0 aliphatic rings. The van der Waals surface area contributed by atoms with E-state index in [0.29, 0.717) is 12.1 Å². The SMILES string of the molecule is CN(C)c1cccc(C(CN)Cc2ccc(C#N)cc2)c1. The van der Waals surface area contributed by atoms with E-state index in [9.17, 15) is 0 Å². The molecule has 0 radical (unpaired) electrons. The van der Waals surface area contributed by atoms with Gasteiger partial charge in [-0.15, -0.1) is 0 Å². The van der Waals surface area contributed by atoms with Crippen LogP contribution in [0.2, 0.25) is 0 Å². The topological polar surface area (TPSA) is 53.0 Å². The van der Waals surface area contributed by atoms with E-state index in [-0.39, 0.29) is 5.92 Å². The molecule has 0 amide bonds. The predicted molar refractivity (Wildman–Crippen MR) is 87.4 cm³/mol. The number of nitriles is 1. The molecule has 0 aromatic heterocycles. The van der Waals surface area contributed by atoms with Crippen molar-refractivity contribution in [3.05, 3.63) is 65.2 Å². The lowest BCUT2D eigenvalue weighted by Gasteiger charge is -2.19. The maximum atomic E-state index is 8.84. The molecule has 0 spiro atoms. The van der Waals surface area contributed by atoms with E-state index in [4.69, 9.17) is 11.0 Å². The third-order valence-corrected chi connectivity index (χ3v) is 3.71. The van der Waals surface area contributed by atoms with Crippen LogP contribution in [0.4, 0.5) is 5.69 Å². The largest absolute Gasteiger partial charge is 0.378 e. The summed E-state index contributed by atoms with van der Waals surface area (Å²) in [5, 5.41) is 8.84. The van der Waals surface area contributed by atoms with Crippen LogP contribution in [0, 0.1) is 11.3 Å². The Morgan fingerprint density at radius 1 is 1.14 bits per heavy atom. The van der Waals surface area contributed by atoms with E-state index in [0.717, 1.165) is 6.42 Å². The molecular weight excluding hydrogens is 258 g/mol. The van der Waals surface area contributed by atoms with Gasteiger partial charge in [0.15, 0.2) is 0 Å². The third kappa shape index (κ3) is 3.84. The summed E-state index contributed by atoms with van der Waals surface area (Å²) in [5.74, 6) is 0.290. The smallest absolute Gasteiger partial charge is 0.0991 e. The third-order valence-electron chi connectivity index (χ3n) is 3.71. The van der Waals surface area contributed by atoms with Gasteiger partial charge in [0.05, 0.1) is 11.6 Å². The van der Waals surface area contributed by atoms with Crippen LogP contribution in [0.3, 0.4) is 0 Å². The maximum Gasteiger partial charge on any atom is 0.0991 e. The van der Waals surface area contributed by atoms with Gasteiger partial charge < -0.3 is 10.6 Å². The maximum absolute atomic E-state index is 8.84. The molecule has 3 nitrogen and oxygen atoms in total. The van der Waals surface area contributed by atoms with Crippen LogP contribution in [-0.2, 0) is 6.42 Å². The van der Waals surface area contributed by atoms with Crippen molar-refractivity contribution in [2.75, 3.05) is 25.5 Å². The fraction of sp³-hybridized carbons (Fsp3) is 0.278. The number of anilines is 1. The van der Waals surface area contributed by atoms with Crippen molar-refractivity contribution in [2.24, 2.45) is 5.73 Å². The van der Waals surface area contributed by atoms with Crippen molar-refractivity contribution in [1.82, 2.24) is 0 Å². The summed E-state index contributed by atoms with van der Waals surface area (Å²) < 4.78 is 0. The second-order valence-corrected chi connectivity index (χ2v) is 5.43. The van der Waals surface area contributed by atoms with Crippen LogP contribution in [0.1, 0.15) is 22.6 Å². The van der Waals surface area contributed by atoms with Crippen molar-refractivity contribution in [1.29, 1.82) is 5.26 Å². The summed E-state index contributed by atoms with van der Waals surface area (Å²) in [4.78, 5) is 2.10.